The van der Waals surface area contributed by atoms with Crippen LogP contribution in [-0.2, 0) is 19.5 Å². The highest BCUT2D eigenvalue weighted by Gasteiger charge is 2.29. The number of aromatic nitrogens is 3. The zero-order valence-electron chi connectivity index (χ0n) is 15.5. The molecule has 5 rings (SSSR count). The largest absolute Gasteiger partial charge is 0.310 e. The van der Waals surface area contributed by atoms with Crippen LogP contribution < -0.4 is 5.56 Å². The third-order valence-electron chi connectivity index (χ3n) is 5.46. The minimum absolute atomic E-state index is 0.00428. The number of H-pyrrole nitrogens is 1. The summed E-state index contributed by atoms with van der Waals surface area (Å²) >= 11 is 0. The molecular weight excluding hydrogens is 355 g/mol. The number of aromatic amines is 1. The molecule has 28 heavy (non-hydrogen) atoms. The summed E-state index contributed by atoms with van der Waals surface area (Å²) in [6.45, 7) is 2.11. The predicted molar refractivity (Wildman–Crippen MR) is 104 cm³/mol. The SMILES string of the molecule is O=c1[nH]c(C2CC2)nc2c1CN(Cc1cccc(-c3ccc(F)cc3)n1)CC2. The second-order valence-electron chi connectivity index (χ2n) is 7.63. The second-order valence-corrected chi connectivity index (χ2v) is 7.63. The summed E-state index contributed by atoms with van der Waals surface area (Å²) in [5, 5.41) is 0. The molecule has 2 aromatic heterocycles. The maximum absolute atomic E-state index is 13.2. The van der Waals surface area contributed by atoms with Gasteiger partial charge in [0.1, 0.15) is 11.6 Å². The van der Waals surface area contributed by atoms with Gasteiger partial charge in [0.25, 0.3) is 5.56 Å². The van der Waals surface area contributed by atoms with E-state index in [1.54, 1.807) is 12.1 Å². The van der Waals surface area contributed by atoms with Crippen LogP contribution in [0.3, 0.4) is 0 Å². The van der Waals surface area contributed by atoms with Crippen LogP contribution in [0, 0.1) is 5.82 Å². The molecule has 1 N–H and O–H groups in total. The molecule has 0 radical (unpaired) electrons. The molecule has 0 bridgehead atoms. The van der Waals surface area contributed by atoms with Gasteiger partial charge >= 0.3 is 0 Å². The maximum Gasteiger partial charge on any atom is 0.255 e. The zero-order valence-corrected chi connectivity index (χ0v) is 15.5. The second kappa shape index (κ2) is 6.95. The molecule has 3 aromatic rings. The predicted octanol–water partition coefficient (Wildman–Crippen LogP) is 3.41. The van der Waals surface area contributed by atoms with E-state index < -0.39 is 0 Å². The standard InChI is InChI=1S/C22H21FN4O/c23-16-8-6-14(7-9-16)19-3-1-2-17(24-19)12-27-11-10-20-18(13-27)22(28)26-21(25-20)15-4-5-15/h1-3,6-9,15H,4-5,10-13H2,(H,25,26,28). The Morgan fingerprint density at radius 2 is 1.93 bits per heavy atom. The lowest BCUT2D eigenvalue weighted by molar-refractivity contribution is 0.238. The van der Waals surface area contributed by atoms with E-state index in [0.717, 1.165) is 59.8 Å². The van der Waals surface area contributed by atoms with Crippen molar-refractivity contribution in [1.29, 1.82) is 0 Å². The Kier molecular flexibility index (Phi) is 4.28. The lowest BCUT2D eigenvalue weighted by Crippen LogP contribution is -2.36. The van der Waals surface area contributed by atoms with Crippen molar-refractivity contribution >= 4 is 0 Å². The molecule has 2 aliphatic rings. The molecule has 1 aliphatic heterocycles. The van der Waals surface area contributed by atoms with Crippen molar-refractivity contribution in [3.63, 3.8) is 0 Å². The van der Waals surface area contributed by atoms with Crippen molar-refractivity contribution in [2.45, 2.75) is 38.3 Å². The molecule has 1 aromatic carbocycles. The van der Waals surface area contributed by atoms with Crippen molar-refractivity contribution in [1.82, 2.24) is 19.9 Å². The van der Waals surface area contributed by atoms with Crippen LogP contribution in [0.2, 0.25) is 0 Å². The van der Waals surface area contributed by atoms with E-state index in [-0.39, 0.29) is 11.4 Å². The number of halogens is 1. The van der Waals surface area contributed by atoms with E-state index in [2.05, 4.69) is 9.88 Å². The number of benzene rings is 1. The normalized spacial score (nSPS) is 16.8. The fraction of sp³-hybridized carbons (Fsp3) is 0.318. The number of nitrogens with one attached hydrogen (secondary N) is 1. The summed E-state index contributed by atoms with van der Waals surface area (Å²) in [4.78, 5) is 27.2. The molecule has 6 heteroatoms. The van der Waals surface area contributed by atoms with E-state index in [0.29, 0.717) is 19.0 Å². The first kappa shape index (κ1) is 17.3. The molecule has 1 aliphatic carbocycles. The molecule has 0 atom stereocenters. The van der Waals surface area contributed by atoms with Crippen LogP contribution in [0.25, 0.3) is 11.3 Å². The summed E-state index contributed by atoms with van der Waals surface area (Å²) in [7, 11) is 0. The van der Waals surface area contributed by atoms with Gasteiger partial charge in [0, 0.05) is 37.5 Å². The number of hydrogen-bond acceptors (Lipinski definition) is 4. The first-order valence-electron chi connectivity index (χ1n) is 9.72. The van der Waals surface area contributed by atoms with E-state index in [1.807, 2.05) is 18.2 Å². The molecule has 5 nitrogen and oxygen atoms in total. The zero-order chi connectivity index (χ0) is 19.1. The number of hydrogen-bond donors (Lipinski definition) is 1. The van der Waals surface area contributed by atoms with Gasteiger partial charge in [-0.05, 0) is 49.2 Å². The fourth-order valence-electron chi connectivity index (χ4n) is 3.76. The smallest absolute Gasteiger partial charge is 0.255 e. The minimum Gasteiger partial charge on any atom is -0.310 e. The van der Waals surface area contributed by atoms with Gasteiger partial charge in [-0.2, -0.15) is 0 Å². The van der Waals surface area contributed by atoms with Gasteiger partial charge in [0.15, 0.2) is 0 Å². The van der Waals surface area contributed by atoms with Gasteiger partial charge in [-0.3, -0.25) is 14.7 Å². The van der Waals surface area contributed by atoms with E-state index in [4.69, 9.17) is 9.97 Å². The summed E-state index contributed by atoms with van der Waals surface area (Å²) in [5.74, 6) is 1.07. The van der Waals surface area contributed by atoms with Gasteiger partial charge in [-0.1, -0.05) is 6.07 Å². The molecule has 0 saturated heterocycles. The third-order valence-corrected chi connectivity index (χ3v) is 5.46. The molecule has 0 amide bonds. The Labute approximate surface area is 162 Å². The quantitative estimate of drug-likeness (QED) is 0.758. The Hall–Kier alpha value is -2.86. The first-order chi connectivity index (χ1) is 13.7. The van der Waals surface area contributed by atoms with Crippen LogP contribution in [0.4, 0.5) is 4.39 Å². The average Bonchev–Trinajstić information content (AvgIpc) is 3.54. The van der Waals surface area contributed by atoms with Crippen molar-refractivity contribution in [3.8, 4) is 11.3 Å². The molecule has 142 valence electrons. The summed E-state index contributed by atoms with van der Waals surface area (Å²) < 4.78 is 13.2. The summed E-state index contributed by atoms with van der Waals surface area (Å²) in [5.41, 5.74) is 4.39. The van der Waals surface area contributed by atoms with Gasteiger partial charge in [-0.15, -0.1) is 0 Å². The number of pyridine rings is 1. The highest BCUT2D eigenvalue weighted by molar-refractivity contribution is 5.58. The molecular formula is C22H21FN4O. The Morgan fingerprint density at radius 3 is 2.71 bits per heavy atom. The van der Waals surface area contributed by atoms with Gasteiger partial charge < -0.3 is 4.98 Å². The fourth-order valence-corrected chi connectivity index (χ4v) is 3.76. The third kappa shape index (κ3) is 3.47. The van der Waals surface area contributed by atoms with Crippen molar-refractivity contribution < 1.29 is 4.39 Å². The number of nitrogens with zero attached hydrogens (tertiary/aromatic N) is 3. The van der Waals surface area contributed by atoms with E-state index >= 15 is 0 Å². The Bertz CT molecular complexity index is 1070. The average molecular weight is 376 g/mol. The van der Waals surface area contributed by atoms with Crippen LogP contribution in [-0.4, -0.2) is 26.4 Å². The van der Waals surface area contributed by atoms with Gasteiger partial charge in [0.2, 0.25) is 0 Å². The lowest BCUT2D eigenvalue weighted by atomic mass is 10.1. The monoisotopic (exact) mass is 376 g/mol. The summed E-state index contributed by atoms with van der Waals surface area (Å²) in [6, 6.07) is 12.2. The molecule has 1 fully saturated rings. The molecule has 3 heterocycles. The van der Waals surface area contributed by atoms with Gasteiger partial charge in [0.05, 0.1) is 22.6 Å². The molecule has 0 unspecified atom stereocenters. The number of rotatable bonds is 4. The maximum atomic E-state index is 13.2. The Balaban J connectivity index is 1.34. The van der Waals surface area contributed by atoms with Crippen molar-refractivity contribution in [2.24, 2.45) is 0 Å². The molecule has 1 saturated carbocycles. The number of fused-ring (bicyclic) bond motifs is 1. The topological polar surface area (TPSA) is 61.9 Å². The first-order valence-corrected chi connectivity index (χ1v) is 9.72. The van der Waals surface area contributed by atoms with Crippen LogP contribution in [0.1, 0.15) is 41.5 Å². The van der Waals surface area contributed by atoms with Crippen molar-refractivity contribution in [2.75, 3.05) is 6.54 Å². The van der Waals surface area contributed by atoms with Crippen molar-refractivity contribution in [3.05, 3.63) is 81.4 Å². The lowest BCUT2D eigenvalue weighted by Gasteiger charge is -2.27. The van der Waals surface area contributed by atoms with Crippen LogP contribution in [0.5, 0.6) is 0 Å². The van der Waals surface area contributed by atoms with Gasteiger partial charge in [-0.25, -0.2) is 9.37 Å². The highest BCUT2D eigenvalue weighted by atomic mass is 19.1. The van der Waals surface area contributed by atoms with Crippen LogP contribution >= 0.6 is 0 Å². The van der Waals surface area contributed by atoms with Crippen LogP contribution in [0.15, 0.2) is 47.3 Å². The highest BCUT2D eigenvalue weighted by Crippen LogP contribution is 2.37. The minimum atomic E-state index is -0.254. The van der Waals surface area contributed by atoms with E-state index in [1.165, 1.54) is 12.1 Å². The Morgan fingerprint density at radius 1 is 1.11 bits per heavy atom. The van der Waals surface area contributed by atoms with E-state index in [9.17, 15) is 9.18 Å². The summed E-state index contributed by atoms with van der Waals surface area (Å²) in [6.07, 6.45) is 3.05. The molecule has 0 spiro atoms.